The standard InChI is InChI=1S/C26H33N3O8S2/c1-4-28(5-2)38(32,33)22-11-7-21(8-12-22)9-13-26(31)37-19-25(30)27-24-18-23(10-6-20(24)3)39(34,35)29-14-16-36-17-15-29/h6-13,18H,4-5,14-17,19H2,1-3H3,(H,27,30). The number of esters is 1. The molecule has 2 aromatic rings. The molecule has 0 aromatic heterocycles. The van der Waals surface area contributed by atoms with Gasteiger partial charge in [0.25, 0.3) is 5.91 Å². The molecule has 11 nitrogen and oxygen atoms in total. The molecule has 212 valence electrons. The zero-order valence-corrected chi connectivity index (χ0v) is 23.8. The van der Waals surface area contributed by atoms with Crippen LogP contribution in [-0.4, -0.2) is 83.3 Å². The van der Waals surface area contributed by atoms with E-state index in [1.54, 1.807) is 39.0 Å². The number of amides is 1. The van der Waals surface area contributed by atoms with E-state index in [1.807, 2.05) is 0 Å². The molecule has 0 radical (unpaired) electrons. The lowest BCUT2D eigenvalue weighted by Gasteiger charge is -2.26. The van der Waals surface area contributed by atoms with Crippen LogP contribution in [0.2, 0.25) is 0 Å². The van der Waals surface area contributed by atoms with Crippen LogP contribution in [-0.2, 0) is 39.1 Å². The first-order chi connectivity index (χ1) is 18.5. The van der Waals surface area contributed by atoms with Gasteiger partial charge in [0.2, 0.25) is 20.0 Å². The van der Waals surface area contributed by atoms with Gasteiger partial charge in [-0.2, -0.15) is 8.61 Å². The topological polar surface area (TPSA) is 139 Å². The van der Waals surface area contributed by atoms with Gasteiger partial charge in [0.15, 0.2) is 6.61 Å². The summed E-state index contributed by atoms with van der Waals surface area (Å²) in [6, 6.07) is 10.5. The Morgan fingerprint density at radius 3 is 2.23 bits per heavy atom. The number of carbonyl (C=O) groups is 2. The third-order valence-corrected chi connectivity index (χ3v) is 10.0. The van der Waals surface area contributed by atoms with Crippen molar-refractivity contribution >= 4 is 43.7 Å². The Labute approximate surface area is 229 Å². The molecule has 1 fully saturated rings. The number of benzene rings is 2. The quantitative estimate of drug-likeness (QED) is 0.316. The molecule has 1 heterocycles. The third-order valence-electron chi connectivity index (χ3n) is 6.07. The molecule has 39 heavy (non-hydrogen) atoms. The Kier molecular flexibility index (Phi) is 10.4. The summed E-state index contributed by atoms with van der Waals surface area (Å²) in [5.41, 5.74) is 1.51. The monoisotopic (exact) mass is 579 g/mol. The zero-order valence-electron chi connectivity index (χ0n) is 22.1. The maximum absolute atomic E-state index is 12.9. The summed E-state index contributed by atoms with van der Waals surface area (Å²) in [6.45, 7) is 6.52. The van der Waals surface area contributed by atoms with Gasteiger partial charge in [0.05, 0.1) is 23.0 Å². The number of aryl methyl sites for hydroxylation is 1. The van der Waals surface area contributed by atoms with Crippen LogP contribution < -0.4 is 5.32 Å². The second kappa shape index (κ2) is 13.3. The predicted molar refractivity (Wildman–Crippen MR) is 146 cm³/mol. The van der Waals surface area contributed by atoms with E-state index < -0.39 is 38.5 Å². The summed E-state index contributed by atoms with van der Waals surface area (Å²) in [7, 11) is -7.32. The lowest BCUT2D eigenvalue weighted by atomic mass is 10.2. The van der Waals surface area contributed by atoms with Gasteiger partial charge in [-0.25, -0.2) is 21.6 Å². The Morgan fingerprint density at radius 1 is 1.00 bits per heavy atom. The number of nitrogens with zero attached hydrogens (tertiary/aromatic N) is 2. The number of carbonyl (C=O) groups excluding carboxylic acids is 2. The van der Waals surface area contributed by atoms with E-state index in [9.17, 15) is 26.4 Å². The average molecular weight is 580 g/mol. The van der Waals surface area contributed by atoms with Gasteiger partial charge in [-0.05, 0) is 48.4 Å². The predicted octanol–water partition coefficient (Wildman–Crippen LogP) is 2.24. The molecular weight excluding hydrogens is 546 g/mol. The minimum atomic E-state index is -3.74. The number of rotatable bonds is 11. The first kappa shape index (κ1) is 30.4. The number of hydrogen-bond acceptors (Lipinski definition) is 8. The second-order valence-electron chi connectivity index (χ2n) is 8.64. The van der Waals surface area contributed by atoms with Crippen molar-refractivity contribution in [3.8, 4) is 0 Å². The fourth-order valence-electron chi connectivity index (χ4n) is 3.83. The maximum atomic E-state index is 12.9. The van der Waals surface area contributed by atoms with Gasteiger partial charge in [0, 0.05) is 37.9 Å². The van der Waals surface area contributed by atoms with Crippen molar-refractivity contribution in [3.05, 3.63) is 59.7 Å². The molecule has 2 aromatic carbocycles. The van der Waals surface area contributed by atoms with E-state index in [2.05, 4.69) is 5.32 Å². The van der Waals surface area contributed by atoms with Gasteiger partial charge in [-0.1, -0.05) is 32.0 Å². The number of anilines is 1. The van der Waals surface area contributed by atoms with Crippen LogP contribution in [0.25, 0.3) is 6.08 Å². The van der Waals surface area contributed by atoms with Crippen LogP contribution in [0.5, 0.6) is 0 Å². The minimum Gasteiger partial charge on any atom is -0.452 e. The highest BCUT2D eigenvalue weighted by atomic mass is 32.2. The number of morpholine rings is 1. The van der Waals surface area contributed by atoms with Gasteiger partial charge in [0.1, 0.15) is 0 Å². The van der Waals surface area contributed by atoms with Crippen LogP contribution in [0.4, 0.5) is 5.69 Å². The molecule has 3 rings (SSSR count). The molecule has 0 aliphatic carbocycles. The summed E-state index contributed by atoms with van der Waals surface area (Å²) in [5.74, 6) is -1.41. The molecule has 1 amide bonds. The summed E-state index contributed by atoms with van der Waals surface area (Å²) < 4.78 is 63.9. The van der Waals surface area contributed by atoms with E-state index in [0.717, 1.165) is 6.08 Å². The van der Waals surface area contributed by atoms with Crippen LogP contribution >= 0.6 is 0 Å². The highest BCUT2D eigenvalue weighted by molar-refractivity contribution is 7.89. The van der Waals surface area contributed by atoms with E-state index >= 15 is 0 Å². The van der Waals surface area contributed by atoms with Crippen molar-refractivity contribution in [2.45, 2.75) is 30.6 Å². The van der Waals surface area contributed by atoms with Gasteiger partial charge < -0.3 is 14.8 Å². The fourth-order valence-corrected chi connectivity index (χ4v) is 6.72. The third kappa shape index (κ3) is 7.73. The highest BCUT2D eigenvalue weighted by Gasteiger charge is 2.27. The summed E-state index contributed by atoms with van der Waals surface area (Å²) in [5, 5.41) is 2.58. The molecule has 0 bridgehead atoms. The molecule has 13 heteroatoms. The Bertz CT molecular complexity index is 1410. The van der Waals surface area contributed by atoms with Crippen molar-refractivity contribution in [3.63, 3.8) is 0 Å². The number of ether oxygens (including phenoxy) is 2. The first-order valence-electron chi connectivity index (χ1n) is 12.4. The van der Waals surface area contributed by atoms with E-state index in [1.165, 1.54) is 39.0 Å². The summed E-state index contributed by atoms with van der Waals surface area (Å²) in [4.78, 5) is 24.7. The van der Waals surface area contributed by atoms with Crippen LogP contribution in [0.15, 0.2) is 58.3 Å². The minimum absolute atomic E-state index is 0.0427. The van der Waals surface area contributed by atoms with Crippen LogP contribution in [0.1, 0.15) is 25.0 Å². The van der Waals surface area contributed by atoms with Crippen LogP contribution in [0.3, 0.4) is 0 Å². The molecule has 0 spiro atoms. The summed E-state index contributed by atoms with van der Waals surface area (Å²) >= 11 is 0. The van der Waals surface area contributed by atoms with Crippen molar-refractivity contribution in [2.24, 2.45) is 0 Å². The van der Waals surface area contributed by atoms with Gasteiger partial charge >= 0.3 is 5.97 Å². The average Bonchev–Trinajstić information content (AvgIpc) is 2.93. The van der Waals surface area contributed by atoms with Crippen molar-refractivity contribution < 1.29 is 35.9 Å². The van der Waals surface area contributed by atoms with Crippen molar-refractivity contribution in [1.82, 2.24) is 8.61 Å². The molecule has 0 saturated carbocycles. The molecule has 1 aliphatic heterocycles. The van der Waals surface area contributed by atoms with Crippen LogP contribution in [0, 0.1) is 6.92 Å². The number of sulfonamides is 2. The molecule has 1 N–H and O–H groups in total. The molecule has 1 aliphatic rings. The van der Waals surface area contributed by atoms with Gasteiger partial charge in [-0.15, -0.1) is 0 Å². The van der Waals surface area contributed by atoms with E-state index in [0.29, 0.717) is 43.1 Å². The highest BCUT2D eigenvalue weighted by Crippen LogP contribution is 2.24. The summed E-state index contributed by atoms with van der Waals surface area (Å²) in [6.07, 6.45) is 2.57. The Hall–Kier alpha value is -3.10. The zero-order chi connectivity index (χ0) is 28.6. The Balaban J connectivity index is 1.57. The smallest absolute Gasteiger partial charge is 0.331 e. The van der Waals surface area contributed by atoms with Crippen molar-refractivity contribution in [1.29, 1.82) is 0 Å². The molecular formula is C26H33N3O8S2. The normalized spacial score (nSPS) is 15.0. The SMILES string of the molecule is CCN(CC)S(=O)(=O)c1ccc(C=CC(=O)OCC(=O)Nc2cc(S(=O)(=O)N3CCOCC3)ccc2C)cc1. The number of hydrogen-bond donors (Lipinski definition) is 1. The maximum Gasteiger partial charge on any atom is 0.331 e. The lowest BCUT2D eigenvalue weighted by molar-refractivity contribution is -0.142. The van der Waals surface area contributed by atoms with Gasteiger partial charge in [-0.3, -0.25) is 4.79 Å². The fraction of sp³-hybridized carbons (Fsp3) is 0.385. The number of nitrogens with one attached hydrogen (secondary N) is 1. The second-order valence-corrected chi connectivity index (χ2v) is 12.5. The molecule has 0 unspecified atom stereocenters. The molecule has 1 saturated heterocycles. The Morgan fingerprint density at radius 2 is 1.62 bits per heavy atom. The lowest BCUT2D eigenvalue weighted by Crippen LogP contribution is -2.40. The first-order valence-corrected chi connectivity index (χ1v) is 15.3. The van der Waals surface area contributed by atoms with E-state index in [-0.39, 0.29) is 22.9 Å². The molecule has 0 atom stereocenters. The largest absolute Gasteiger partial charge is 0.452 e. The van der Waals surface area contributed by atoms with Crippen molar-refractivity contribution in [2.75, 3.05) is 51.3 Å². The van der Waals surface area contributed by atoms with E-state index in [4.69, 9.17) is 9.47 Å².